The standard InChI is InChI=1S/C14H7Cl3N2O4S/c15-7-4-5-8-11(6-7)18-14(21)19(13(8)20)24(22,23)12-9(16)2-1-3-10(12)17/h1-6H,(H,18,21). The minimum Gasteiger partial charge on any atom is -0.306 e. The number of benzene rings is 2. The second kappa shape index (κ2) is 5.93. The van der Waals surface area contributed by atoms with E-state index in [0.717, 1.165) is 0 Å². The van der Waals surface area contributed by atoms with E-state index in [1.165, 1.54) is 36.4 Å². The Balaban J connectivity index is 2.44. The average Bonchev–Trinajstić information content (AvgIpc) is 2.45. The highest BCUT2D eigenvalue weighted by atomic mass is 35.5. The molecule has 0 fully saturated rings. The lowest BCUT2D eigenvalue weighted by molar-refractivity contribution is 0.582. The third kappa shape index (κ3) is 2.63. The van der Waals surface area contributed by atoms with Crippen LogP contribution in [0, 0.1) is 0 Å². The molecule has 2 aromatic carbocycles. The SMILES string of the molecule is O=c1[nH]c2cc(Cl)ccc2c(=O)n1S(=O)(=O)c1c(Cl)cccc1Cl. The second-order valence-corrected chi connectivity index (χ2v) is 7.72. The molecule has 0 atom stereocenters. The summed E-state index contributed by atoms with van der Waals surface area (Å²) in [6.07, 6.45) is 0. The van der Waals surface area contributed by atoms with E-state index >= 15 is 0 Å². The zero-order valence-corrected chi connectivity index (χ0v) is 14.7. The molecule has 0 saturated carbocycles. The summed E-state index contributed by atoms with van der Waals surface area (Å²) in [5.74, 6) is 0. The van der Waals surface area contributed by atoms with Crippen molar-refractivity contribution in [2.24, 2.45) is 0 Å². The van der Waals surface area contributed by atoms with Crippen molar-refractivity contribution in [2.75, 3.05) is 0 Å². The molecule has 0 aliphatic carbocycles. The predicted octanol–water partition coefficient (Wildman–Crippen LogP) is 2.89. The number of rotatable bonds is 2. The normalized spacial score (nSPS) is 11.8. The van der Waals surface area contributed by atoms with Crippen molar-refractivity contribution in [1.29, 1.82) is 0 Å². The maximum absolute atomic E-state index is 12.8. The summed E-state index contributed by atoms with van der Waals surface area (Å²) in [5.41, 5.74) is -2.05. The number of H-pyrrole nitrogens is 1. The molecule has 0 unspecified atom stereocenters. The molecule has 1 N–H and O–H groups in total. The molecule has 124 valence electrons. The Morgan fingerprint density at radius 2 is 1.58 bits per heavy atom. The number of nitrogens with zero attached hydrogens (tertiary/aromatic N) is 1. The minimum atomic E-state index is -4.60. The summed E-state index contributed by atoms with van der Waals surface area (Å²) in [6, 6.07) is 8.10. The maximum Gasteiger partial charge on any atom is 0.343 e. The summed E-state index contributed by atoms with van der Waals surface area (Å²) in [6.45, 7) is 0. The van der Waals surface area contributed by atoms with Gasteiger partial charge in [-0.2, -0.15) is 0 Å². The fraction of sp³-hybridized carbons (Fsp3) is 0. The van der Waals surface area contributed by atoms with Gasteiger partial charge in [-0.05, 0) is 30.3 Å². The fourth-order valence-electron chi connectivity index (χ4n) is 2.21. The van der Waals surface area contributed by atoms with E-state index in [-0.39, 0.29) is 29.9 Å². The van der Waals surface area contributed by atoms with Gasteiger partial charge in [0.15, 0.2) is 0 Å². The van der Waals surface area contributed by atoms with Crippen LogP contribution in [0.25, 0.3) is 10.9 Å². The number of nitrogens with one attached hydrogen (secondary N) is 1. The number of aromatic amines is 1. The molecule has 0 aliphatic rings. The van der Waals surface area contributed by atoms with Crippen LogP contribution >= 0.6 is 34.8 Å². The molecule has 0 radical (unpaired) electrons. The van der Waals surface area contributed by atoms with E-state index in [0.29, 0.717) is 0 Å². The van der Waals surface area contributed by atoms with Crippen molar-refractivity contribution in [1.82, 2.24) is 8.96 Å². The molecule has 0 aliphatic heterocycles. The minimum absolute atomic E-state index is 0.0225. The van der Waals surface area contributed by atoms with Gasteiger partial charge in [0.05, 0.1) is 20.9 Å². The van der Waals surface area contributed by atoms with Crippen LogP contribution in [0.1, 0.15) is 0 Å². The van der Waals surface area contributed by atoms with Gasteiger partial charge in [0.2, 0.25) is 0 Å². The van der Waals surface area contributed by atoms with Crippen LogP contribution in [-0.2, 0) is 10.0 Å². The molecule has 3 aromatic rings. The van der Waals surface area contributed by atoms with Gasteiger partial charge >= 0.3 is 5.69 Å². The Morgan fingerprint density at radius 1 is 0.958 bits per heavy atom. The summed E-state index contributed by atoms with van der Waals surface area (Å²) in [5, 5.41) is -0.145. The first kappa shape index (κ1) is 17.0. The molecule has 24 heavy (non-hydrogen) atoms. The first-order valence-corrected chi connectivity index (χ1v) is 8.95. The summed E-state index contributed by atoms with van der Waals surface area (Å²) < 4.78 is 25.6. The number of aromatic nitrogens is 2. The molecule has 1 aromatic heterocycles. The topological polar surface area (TPSA) is 89.0 Å². The third-order valence-corrected chi connectivity index (χ3v) is 6.10. The van der Waals surface area contributed by atoms with Gasteiger partial charge in [-0.25, -0.2) is 13.2 Å². The van der Waals surface area contributed by atoms with Gasteiger partial charge in [-0.3, -0.25) is 4.79 Å². The largest absolute Gasteiger partial charge is 0.343 e. The quantitative estimate of drug-likeness (QED) is 0.710. The van der Waals surface area contributed by atoms with E-state index in [4.69, 9.17) is 34.8 Å². The van der Waals surface area contributed by atoms with Crippen molar-refractivity contribution in [3.8, 4) is 0 Å². The van der Waals surface area contributed by atoms with Crippen LogP contribution in [0.4, 0.5) is 0 Å². The smallest absolute Gasteiger partial charge is 0.306 e. The van der Waals surface area contributed by atoms with Gasteiger partial charge in [0, 0.05) is 5.02 Å². The maximum atomic E-state index is 12.8. The Bertz CT molecular complexity index is 1180. The first-order valence-electron chi connectivity index (χ1n) is 6.37. The Hall–Kier alpha value is -1.80. The average molecular weight is 406 g/mol. The molecule has 0 bridgehead atoms. The van der Waals surface area contributed by atoms with Gasteiger partial charge in [-0.15, -0.1) is 3.97 Å². The first-order chi connectivity index (χ1) is 11.2. The summed E-state index contributed by atoms with van der Waals surface area (Å²) in [4.78, 5) is 26.5. The van der Waals surface area contributed by atoms with Crippen LogP contribution in [0.5, 0.6) is 0 Å². The van der Waals surface area contributed by atoms with E-state index < -0.39 is 26.2 Å². The molecular formula is C14H7Cl3N2O4S. The third-order valence-electron chi connectivity index (χ3n) is 3.24. The lowest BCUT2D eigenvalue weighted by Crippen LogP contribution is -2.40. The molecular weight excluding hydrogens is 399 g/mol. The highest BCUT2D eigenvalue weighted by Gasteiger charge is 2.28. The Labute approximate surface area is 150 Å². The molecule has 6 nitrogen and oxygen atoms in total. The van der Waals surface area contributed by atoms with Crippen molar-refractivity contribution in [2.45, 2.75) is 4.90 Å². The van der Waals surface area contributed by atoms with Crippen LogP contribution in [0.2, 0.25) is 15.1 Å². The van der Waals surface area contributed by atoms with E-state index in [9.17, 15) is 18.0 Å². The highest BCUT2D eigenvalue weighted by molar-refractivity contribution is 7.90. The predicted molar refractivity (Wildman–Crippen MR) is 92.9 cm³/mol. The Morgan fingerprint density at radius 3 is 2.21 bits per heavy atom. The summed E-state index contributed by atoms with van der Waals surface area (Å²) >= 11 is 17.6. The van der Waals surface area contributed by atoms with Crippen LogP contribution < -0.4 is 11.2 Å². The van der Waals surface area contributed by atoms with Crippen molar-refractivity contribution >= 4 is 55.7 Å². The zero-order chi connectivity index (χ0) is 17.6. The lowest BCUT2D eigenvalue weighted by atomic mass is 10.2. The van der Waals surface area contributed by atoms with E-state index in [1.54, 1.807) is 0 Å². The molecule has 0 spiro atoms. The number of hydrogen-bond donors (Lipinski definition) is 1. The van der Waals surface area contributed by atoms with Gasteiger partial charge in [-0.1, -0.05) is 40.9 Å². The van der Waals surface area contributed by atoms with Crippen molar-refractivity contribution < 1.29 is 8.42 Å². The molecule has 10 heteroatoms. The monoisotopic (exact) mass is 404 g/mol. The number of hydrogen-bond acceptors (Lipinski definition) is 4. The number of halogens is 3. The molecule has 0 amide bonds. The molecule has 1 heterocycles. The van der Waals surface area contributed by atoms with Crippen LogP contribution in [-0.4, -0.2) is 17.4 Å². The lowest BCUT2D eigenvalue weighted by Gasteiger charge is -2.10. The van der Waals surface area contributed by atoms with E-state index in [1.807, 2.05) is 0 Å². The van der Waals surface area contributed by atoms with Gasteiger partial charge < -0.3 is 4.98 Å². The summed E-state index contributed by atoms with van der Waals surface area (Å²) in [7, 11) is -4.60. The second-order valence-electron chi connectivity index (χ2n) is 4.75. The van der Waals surface area contributed by atoms with Crippen molar-refractivity contribution in [3.05, 3.63) is 72.3 Å². The zero-order valence-electron chi connectivity index (χ0n) is 11.6. The fourth-order valence-corrected chi connectivity index (χ4v) is 4.76. The van der Waals surface area contributed by atoms with Gasteiger partial charge in [0.25, 0.3) is 15.6 Å². The van der Waals surface area contributed by atoms with Gasteiger partial charge in [0.1, 0.15) is 4.90 Å². The number of fused-ring (bicyclic) bond motifs is 1. The van der Waals surface area contributed by atoms with Crippen molar-refractivity contribution in [3.63, 3.8) is 0 Å². The van der Waals surface area contributed by atoms with Crippen LogP contribution in [0.3, 0.4) is 0 Å². The molecule has 3 rings (SSSR count). The molecule has 0 saturated heterocycles. The Kier molecular flexibility index (Phi) is 4.21. The van der Waals surface area contributed by atoms with Crippen LogP contribution in [0.15, 0.2) is 50.9 Å². The highest BCUT2D eigenvalue weighted by Crippen LogP contribution is 2.29. The van der Waals surface area contributed by atoms with E-state index in [2.05, 4.69) is 4.98 Å².